The smallest absolute Gasteiger partial charge is 0.323 e. The van der Waals surface area contributed by atoms with Crippen LogP contribution in [0.1, 0.15) is 26.5 Å². The molecule has 2 amide bonds. The van der Waals surface area contributed by atoms with Crippen LogP contribution in [0, 0.1) is 0 Å². The molecule has 1 rings (SSSR count). The Hall–Kier alpha value is -2.05. The average molecular weight is 255 g/mol. The molecule has 0 bridgehead atoms. The fourth-order valence-corrected chi connectivity index (χ4v) is 1.34. The van der Waals surface area contributed by atoms with E-state index in [-0.39, 0.29) is 13.1 Å². The molecule has 1 heterocycles. The molecule has 0 aliphatic carbocycles. The van der Waals surface area contributed by atoms with Gasteiger partial charge in [-0.25, -0.2) is 4.79 Å². The third-order valence-electron chi connectivity index (χ3n) is 2.26. The molecule has 0 spiro atoms. The maximum atomic E-state index is 11.9. The second-order valence-electron chi connectivity index (χ2n) is 4.80. The van der Waals surface area contributed by atoms with E-state index in [0.29, 0.717) is 5.69 Å². The number of nitrogens with one attached hydrogen (secondary N) is 1. The van der Waals surface area contributed by atoms with Crippen LogP contribution < -0.4 is 5.32 Å². The first kappa shape index (κ1) is 14.0. The summed E-state index contributed by atoms with van der Waals surface area (Å²) >= 11 is 0. The molecule has 0 saturated heterocycles. The minimum Gasteiger partial charge on any atom is -0.480 e. The number of amides is 2. The van der Waals surface area contributed by atoms with Gasteiger partial charge in [-0.1, -0.05) is 5.16 Å². The molecule has 0 radical (unpaired) electrons. The summed E-state index contributed by atoms with van der Waals surface area (Å²) in [4.78, 5) is 23.9. The molecule has 0 aliphatic heterocycles. The van der Waals surface area contributed by atoms with E-state index in [9.17, 15) is 9.59 Å². The Labute approximate surface area is 105 Å². The van der Waals surface area contributed by atoms with Crippen molar-refractivity contribution < 1.29 is 19.2 Å². The van der Waals surface area contributed by atoms with Gasteiger partial charge in [0.25, 0.3) is 0 Å². The minimum absolute atomic E-state index is 0.196. The highest BCUT2D eigenvalue weighted by atomic mass is 16.5. The number of aromatic nitrogens is 1. The van der Waals surface area contributed by atoms with Gasteiger partial charge in [0.2, 0.25) is 0 Å². The van der Waals surface area contributed by atoms with Crippen LogP contribution in [0.25, 0.3) is 0 Å². The van der Waals surface area contributed by atoms with E-state index in [0.717, 1.165) is 0 Å². The monoisotopic (exact) mass is 255 g/mol. The van der Waals surface area contributed by atoms with Gasteiger partial charge in [0.1, 0.15) is 18.5 Å². The predicted octanol–water partition coefficient (Wildman–Crippen LogP) is 1.07. The zero-order chi connectivity index (χ0) is 13.8. The lowest BCUT2D eigenvalue weighted by Crippen LogP contribution is -2.52. The largest absolute Gasteiger partial charge is 0.480 e. The molecule has 0 atom stereocenters. The first-order chi connectivity index (χ1) is 8.30. The molecule has 0 fully saturated rings. The lowest BCUT2D eigenvalue weighted by atomic mass is 10.1. The molecule has 7 heteroatoms. The van der Waals surface area contributed by atoms with E-state index in [1.165, 1.54) is 11.2 Å². The van der Waals surface area contributed by atoms with Crippen LogP contribution in [0.4, 0.5) is 4.79 Å². The Balaban J connectivity index is 2.62. The quantitative estimate of drug-likeness (QED) is 0.839. The van der Waals surface area contributed by atoms with Gasteiger partial charge in [-0.3, -0.25) is 4.79 Å². The molecule has 2 N–H and O–H groups in total. The van der Waals surface area contributed by atoms with Gasteiger partial charge >= 0.3 is 12.0 Å². The lowest BCUT2D eigenvalue weighted by Gasteiger charge is -2.34. The number of carboxylic acid groups (broad SMARTS) is 1. The number of urea groups is 1. The molecule has 0 unspecified atom stereocenters. The SMILES string of the molecule is CC(C)(C)N(CC(=O)O)C(=O)NCc1ccon1. The van der Waals surface area contributed by atoms with Gasteiger partial charge in [0.05, 0.1) is 6.54 Å². The summed E-state index contributed by atoms with van der Waals surface area (Å²) in [6.45, 7) is 5.15. The van der Waals surface area contributed by atoms with Crippen molar-refractivity contribution in [2.75, 3.05) is 6.54 Å². The highest BCUT2D eigenvalue weighted by Crippen LogP contribution is 2.13. The number of carbonyl (C=O) groups is 2. The molecule has 0 aliphatic rings. The van der Waals surface area contributed by atoms with Gasteiger partial charge in [-0.2, -0.15) is 0 Å². The van der Waals surface area contributed by atoms with E-state index >= 15 is 0 Å². The number of nitrogens with zero attached hydrogens (tertiary/aromatic N) is 2. The van der Waals surface area contributed by atoms with Crippen molar-refractivity contribution in [1.82, 2.24) is 15.4 Å². The van der Waals surface area contributed by atoms with E-state index in [1.54, 1.807) is 26.8 Å². The summed E-state index contributed by atoms with van der Waals surface area (Å²) in [5, 5.41) is 15.0. The third kappa shape index (κ3) is 4.08. The van der Waals surface area contributed by atoms with E-state index in [4.69, 9.17) is 5.11 Å². The molecule has 0 aromatic carbocycles. The number of hydrogen-bond donors (Lipinski definition) is 2. The maximum Gasteiger partial charge on any atom is 0.323 e. The summed E-state index contributed by atoms with van der Waals surface area (Å²) in [5.74, 6) is -1.05. The Morgan fingerprint density at radius 1 is 1.50 bits per heavy atom. The molecule has 7 nitrogen and oxygen atoms in total. The summed E-state index contributed by atoms with van der Waals surface area (Å²) in [6, 6.07) is 1.17. The molecule has 100 valence electrons. The first-order valence-corrected chi connectivity index (χ1v) is 5.47. The van der Waals surface area contributed by atoms with Gasteiger partial charge in [0, 0.05) is 11.6 Å². The van der Waals surface area contributed by atoms with Crippen molar-refractivity contribution in [3.8, 4) is 0 Å². The van der Waals surface area contributed by atoms with Crippen LogP contribution in [0.5, 0.6) is 0 Å². The van der Waals surface area contributed by atoms with Crippen molar-refractivity contribution in [1.29, 1.82) is 0 Å². The normalized spacial score (nSPS) is 11.1. The lowest BCUT2D eigenvalue weighted by molar-refractivity contribution is -0.138. The minimum atomic E-state index is -1.05. The number of rotatable bonds is 4. The molecule has 18 heavy (non-hydrogen) atoms. The average Bonchev–Trinajstić information content (AvgIpc) is 2.73. The molecule has 1 aromatic rings. The first-order valence-electron chi connectivity index (χ1n) is 5.47. The number of hydrogen-bond acceptors (Lipinski definition) is 4. The van der Waals surface area contributed by atoms with Gasteiger partial charge in [-0.05, 0) is 20.8 Å². The van der Waals surface area contributed by atoms with Crippen molar-refractivity contribution in [3.05, 3.63) is 18.0 Å². The number of carbonyl (C=O) groups excluding carboxylic acids is 1. The van der Waals surface area contributed by atoms with Crippen molar-refractivity contribution in [2.45, 2.75) is 32.9 Å². The van der Waals surface area contributed by atoms with Crippen molar-refractivity contribution >= 4 is 12.0 Å². The molecular weight excluding hydrogens is 238 g/mol. The predicted molar refractivity (Wildman–Crippen MR) is 62.8 cm³/mol. The van der Waals surface area contributed by atoms with Crippen LogP contribution in [0.15, 0.2) is 16.9 Å². The van der Waals surface area contributed by atoms with Crippen molar-refractivity contribution in [3.63, 3.8) is 0 Å². The Bertz CT molecular complexity index is 408. The van der Waals surface area contributed by atoms with E-state index in [1.807, 2.05) is 0 Å². The second kappa shape index (κ2) is 5.52. The van der Waals surface area contributed by atoms with Crippen LogP contribution in [-0.2, 0) is 11.3 Å². The van der Waals surface area contributed by atoms with Crippen LogP contribution in [0.2, 0.25) is 0 Å². The highest BCUT2D eigenvalue weighted by Gasteiger charge is 2.28. The fraction of sp³-hybridized carbons (Fsp3) is 0.545. The van der Waals surface area contributed by atoms with Crippen LogP contribution in [-0.4, -0.2) is 39.2 Å². The van der Waals surface area contributed by atoms with E-state index in [2.05, 4.69) is 15.0 Å². The standard InChI is InChI=1S/C11H17N3O4/c1-11(2,3)14(7-9(15)16)10(17)12-6-8-4-5-18-13-8/h4-5H,6-7H2,1-3H3,(H,12,17)(H,15,16). The third-order valence-corrected chi connectivity index (χ3v) is 2.26. The summed E-state index contributed by atoms with van der Waals surface area (Å²) < 4.78 is 4.63. The Morgan fingerprint density at radius 2 is 2.17 bits per heavy atom. The van der Waals surface area contributed by atoms with Crippen LogP contribution >= 0.6 is 0 Å². The Morgan fingerprint density at radius 3 is 2.61 bits per heavy atom. The zero-order valence-electron chi connectivity index (χ0n) is 10.6. The van der Waals surface area contributed by atoms with Crippen molar-refractivity contribution in [2.24, 2.45) is 0 Å². The molecule has 0 saturated carbocycles. The zero-order valence-corrected chi connectivity index (χ0v) is 10.6. The summed E-state index contributed by atoms with van der Waals surface area (Å²) in [5.41, 5.74) is -0.000665. The van der Waals surface area contributed by atoms with Gasteiger partial charge in [-0.15, -0.1) is 0 Å². The van der Waals surface area contributed by atoms with Crippen LogP contribution in [0.3, 0.4) is 0 Å². The summed E-state index contributed by atoms with van der Waals surface area (Å²) in [6.07, 6.45) is 1.40. The maximum absolute atomic E-state index is 11.9. The topological polar surface area (TPSA) is 95.7 Å². The number of carboxylic acids is 1. The highest BCUT2D eigenvalue weighted by molar-refractivity contribution is 5.80. The fourth-order valence-electron chi connectivity index (χ4n) is 1.34. The van der Waals surface area contributed by atoms with E-state index < -0.39 is 17.5 Å². The second-order valence-corrected chi connectivity index (χ2v) is 4.80. The Kier molecular flexibility index (Phi) is 4.30. The molecular formula is C11H17N3O4. The molecule has 1 aromatic heterocycles. The number of aliphatic carboxylic acids is 1. The summed E-state index contributed by atoms with van der Waals surface area (Å²) in [7, 11) is 0. The van der Waals surface area contributed by atoms with Gasteiger partial charge < -0.3 is 19.8 Å². The van der Waals surface area contributed by atoms with Gasteiger partial charge in [0.15, 0.2) is 0 Å².